The summed E-state index contributed by atoms with van der Waals surface area (Å²) >= 11 is 0. The molecule has 0 unspecified atom stereocenters. The molecular weight excluding hydrogens is 142 g/mol. The van der Waals surface area contributed by atoms with Crippen molar-refractivity contribution in [1.29, 1.82) is 0 Å². The Balaban J connectivity index is 2.52. The zero-order valence-electron chi connectivity index (χ0n) is 6.84. The summed E-state index contributed by atoms with van der Waals surface area (Å²) in [5.74, 6) is -0.843. The van der Waals surface area contributed by atoms with Crippen molar-refractivity contribution in [1.82, 2.24) is 5.32 Å². The molecule has 11 heavy (non-hydrogen) atoms. The van der Waals surface area contributed by atoms with Crippen LogP contribution in [0.15, 0.2) is 0 Å². The highest BCUT2D eigenvalue weighted by molar-refractivity contribution is 5.70. The van der Waals surface area contributed by atoms with Gasteiger partial charge in [-0.3, -0.25) is 4.79 Å². The Morgan fingerprint density at radius 2 is 2.27 bits per heavy atom. The van der Waals surface area contributed by atoms with E-state index in [0.717, 1.165) is 25.8 Å². The van der Waals surface area contributed by atoms with Crippen LogP contribution in [0.3, 0.4) is 0 Å². The summed E-state index contributed by atoms with van der Waals surface area (Å²) in [5.41, 5.74) is 0. The van der Waals surface area contributed by atoms with Gasteiger partial charge in [0.05, 0.1) is 5.92 Å². The predicted molar refractivity (Wildman–Crippen MR) is 42.4 cm³/mol. The van der Waals surface area contributed by atoms with E-state index < -0.39 is 5.97 Å². The lowest BCUT2D eigenvalue weighted by Gasteiger charge is -2.16. The van der Waals surface area contributed by atoms with Crippen LogP contribution in [-0.4, -0.2) is 23.7 Å². The standard InChI is InChI=1S/C8H15NO2/c1-6-7(8(10)11)4-2-3-5-9-6/h6-7,9H,2-5H2,1H3,(H,10,11)/t6-,7+/m0/s1. The predicted octanol–water partition coefficient (Wildman–Crippen LogP) is 0.849. The first-order chi connectivity index (χ1) is 5.22. The number of aliphatic carboxylic acids is 1. The van der Waals surface area contributed by atoms with Crippen LogP contribution in [0.1, 0.15) is 26.2 Å². The fourth-order valence-corrected chi connectivity index (χ4v) is 1.55. The Kier molecular flexibility index (Phi) is 2.88. The third kappa shape index (κ3) is 2.19. The number of hydrogen-bond acceptors (Lipinski definition) is 2. The van der Waals surface area contributed by atoms with Gasteiger partial charge in [0, 0.05) is 6.04 Å². The molecule has 0 aromatic carbocycles. The molecule has 64 valence electrons. The molecule has 0 aromatic heterocycles. The molecule has 1 saturated heterocycles. The van der Waals surface area contributed by atoms with Crippen LogP contribution < -0.4 is 5.32 Å². The van der Waals surface area contributed by atoms with Crippen LogP contribution in [0, 0.1) is 5.92 Å². The second kappa shape index (κ2) is 3.72. The number of carboxylic acids is 1. The topological polar surface area (TPSA) is 49.3 Å². The first-order valence-corrected chi connectivity index (χ1v) is 4.18. The van der Waals surface area contributed by atoms with Crippen molar-refractivity contribution >= 4 is 5.97 Å². The van der Waals surface area contributed by atoms with Crippen LogP contribution in [0.5, 0.6) is 0 Å². The summed E-state index contributed by atoms with van der Waals surface area (Å²) in [5, 5.41) is 12.0. The number of hydrogen-bond donors (Lipinski definition) is 2. The second-order valence-corrected chi connectivity index (χ2v) is 3.18. The zero-order valence-corrected chi connectivity index (χ0v) is 6.84. The van der Waals surface area contributed by atoms with E-state index in [0.29, 0.717) is 0 Å². The third-order valence-corrected chi connectivity index (χ3v) is 2.33. The van der Waals surface area contributed by atoms with E-state index in [9.17, 15) is 4.79 Å². The molecule has 1 heterocycles. The van der Waals surface area contributed by atoms with Gasteiger partial charge < -0.3 is 10.4 Å². The van der Waals surface area contributed by atoms with Gasteiger partial charge in [-0.2, -0.15) is 0 Å². The lowest BCUT2D eigenvalue weighted by Crippen LogP contribution is -2.36. The van der Waals surface area contributed by atoms with Crippen molar-refractivity contribution in [3.05, 3.63) is 0 Å². The van der Waals surface area contributed by atoms with Crippen molar-refractivity contribution in [3.8, 4) is 0 Å². The maximum Gasteiger partial charge on any atom is 0.308 e. The van der Waals surface area contributed by atoms with Crippen molar-refractivity contribution in [2.75, 3.05) is 6.54 Å². The molecule has 1 rings (SSSR count). The first kappa shape index (κ1) is 8.53. The lowest BCUT2D eigenvalue weighted by molar-refractivity contribution is -0.142. The van der Waals surface area contributed by atoms with Crippen LogP contribution >= 0.6 is 0 Å². The molecule has 0 spiro atoms. The van der Waals surface area contributed by atoms with Crippen molar-refractivity contribution in [3.63, 3.8) is 0 Å². The first-order valence-electron chi connectivity index (χ1n) is 4.18. The smallest absolute Gasteiger partial charge is 0.308 e. The Labute approximate surface area is 66.8 Å². The Bertz CT molecular complexity index is 147. The molecule has 3 heteroatoms. The summed E-state index contributed by atoms with van der Waals surface area (Å²) in [6.07, 6.45) is 2.96. The Morgan fingerprint density at radius 1 is 1.55 bits per heavy atom. The molecule has 1 aliphatic heterocycles. The molecule has 2 atom stereocenters. The van der Waals surface area contributed by atoms with Crippen molar-refractivity contribution in [2.24, 2.45) is 5.92 Å². The summed E-state index contributed by atoms with van der Waals surface area (Å²) in [6.45, 7) is 2.91. The quantitative estimate of drug-likeness (QED) is 0.593. The van der Waals surface area contributed by atoms with Gasteiger partial charge in [-0.25, -0.2) is 0 Å². The fourth-order valence-electron chi connectivity index (χ4n) is 1.55. The van der Waals surface area contributed by atoms with Crippen LogP contribution in [-0.2, 0) is 4.79 Å². The summed E-state index contributed by atoms with van der Waals surface area (Å²) in [7, 11) is 0. The molecule has 1 aliphatic rings. The molecule has 3 nitrogen and oxygen atoms in total. The summed E-state index contributed by atoms with van der Waals surface area (Å²) in [6, 6.07) is 0.134. The summed E-state index contributed by atoms with van der Waals surface area (Å²) < 4.78 is 0. The van der Waals surface area contributed by atoms with Gasteiger partial charge in [0.15, 0.2) is 0 Å². The SMILES string of the molecule is C[C@@H]1NCCCC[C@H]1C(=O)O. The maximum absolute atomic E-state index is 10.7. The number of rotatable bonds is 1. The van der Waals surface area contributed by atoms with Crippen molar-refractivity contribution in [2.45, 2.75) is 32.2 Å². The van der Waals surface area contributed by atoms with E-state index in [1.165, 1.54) is 0 Å². The molecule has 0 aliphatic carbocycles. The van der Waals surface area contributed by atoms with E-state index in [2.05, 4.69) is 5.32 Å². The molecular formula is C8H15NO2. The normalized spacial score (nSPS) is 32.8. The zero-order chi connectivity index (χ0) is 8.27. The molecule has 1 fully saturated rings. The minimum Gasteiger partial charge on any atom is -0.481 e. The Morgan fingerprint density at radius 3 is 2.91 bits per heavy atom. The molecule has 0 radical (unpaired) electrons. The second-order valence-electron chi connectivity index (χ2n) is 3.18. The highest BCUT2D eigenvalue weighted by atomic mass is 16.4. The van der Waals surface area contributed by atoms with Gasteiger partial charge in [-0.15, -0.1) is 0 Å². The van der Waals surface area contributed by atoms with Gasteiger partial charge in [-0.1, -0.05) is 6.42 Å². The van der Waals surface area contributed by atoms with E-state index in [1.807, 2.05) is 6.92 Å². The fraction of sp³-hybridized carbons (Fsp3) is 0.875. The van der Waals surface area contributed by atoms with E-state index in [4.69, 9.17) is 5.11 Å². The minimum absolute atomic E-state index is 0.134. The van der Waals surface area contributed by atoms with Gasteiger partial charge in [-0.05, 0) is 26.3 Å². The van der Waals surface area contributed by atoms with E-state index in [-0.39, 0.29) is 12.0 Å². The monoisotopic (exact) mass is 157 g/mol. The van der Waals surface area contributed by atoms with E-state index in [1.54, 1.807) is 0 Å². The lowest BCUT2D eigenvalue weighted by atomic mass is 9.97. The average molecular weight is 157 g/mol. The molecule has 2 N–H and O–H groups in total. The highest BCUT2D eigenvalue weighted by Gasteiger charge is 2.25. The van der Waals surface area contributed by atoms with Gasteiger partial charge in [0.2, 0.25) is 0 Å². The third-order valence-electron chi connectivity index (χ3n) is 2.33. The number of carboxylic acid groups (broad SMARTS) is 1. The minimum atomic E-state index is -0.660. The maximum atomic E-state index is 10.7. The largest absolute Gasteiger partial charge is 0.481 e. The van der Waals surface area contributed by atoms with Crippen LogP contribution in [0.4, 0.5) is 0 Å². The molecule has 0 bridgehead atoms. The molecule has 0 amide bonds. The van der Waals surface area contributed by atoms with Crippen LogP contribution in [0.2, 0.25) is 0 Å². The van der Waals surface area contributed by atoms with E-state index >= 15 is 0 Å². The number of nitrogens with one attached hydrogen (secondary N) is 1. The average Bonchev–Trinajstić information content (AvgIpc) is 2.13. The van der Waals surface area contributed by atoms with Gasteiger partial charge in [0.25, 0.3) is 0 Å². The highest BCUT2D eigenvalue weighted by Crippen LogP contribution is 2.16. The van der Waals surface area contributed by atoms with Gasteiger partial charge in [0.1, 0.15) is 0 Å². The number of carbonyl (C=O) groups is 1. The van der Waals surface area contributed by atoms with Gasteiger partial charge >= 0.3 is 5.97 Å². The van der Waals surface area contributed by atoms with Crippen LogP contribution in [0.25, 0.3) is 0 Å². The molecule has 0 saturated carbocycles. The summed E-state index contributed by atoms with van der Waals surface area (Å²) in [4.78, 5) is 10.7. The molecule has 0 aromatic rings. The van der Waals surface area contributed by atoms with Crippen molar-refractivity contribution < 1.29 is 9.90 Å². The Hall–Kier alpha value is -0.570.